The van der Waals surface area contributed by atoms with E-state index in [1.165, 1.54) is 0 Å². The first-order valence-electron chi connectivity index (χ1n) is 6.99. The Morgan fingerprint density at radius 2 is 2.29 bits per heavy atom. The Morgan fingerprint density at radius 3 is 2.95 bits per heavy atom. The van der Waals surface area contributed by atoms with Crippen LogP contribution >= 0.6 is 0 Å². The van der Waals surface area contributed by atoms with Gasteiger partial charge in [-0.25, -0.2) is 9.67 Å². The normalized spacial score (nSPS) is 18.2. The highest BCUT2D eigenvalue weighted by Gasteiger charge is 2.28. The van der Waals surface area contributed by atoms with E-state index in [9.17, 15) is 4.79 Å². The molecule has 1 aliphatic heterocycles. The van der Waals surface area contributed by atoms with E-state index in [4.69, 9.17) is 4.74 Å². The molecule has 6 nitrogen and oxygen atoms in total. The lowest BCUT2D eigenvalue weighted by Crippen LogP contribution is -2.30. The molecule has 3 heterocycles. The van der Waals surface area contributed by atoms with Gasteiger partial charge < -0.3 is 9.64 Å². The maximum atomic E-state index is 12.6. The summed E-state index contributed by atoms with van der Waals surface area (Å²) >= 11 is 0. The highest BCUT2D eigenvalue weighted by atomic mass is 16.5. The molecule has 3 rings (SSSR count). The summed E-state index contributed by atoms with van der Waals surface area (Å²) in [6.07, 6.45) is 4.35. The van der Waals surface area contributed by atoms with Crippen LogP contribution in [0.1, 0.15) is 22.5 Å². The van der Waals surface area contributed by atoms with Crippen molar-refractivity contribution in [3.8, 4) is 5.82 Å². The Hall–Kier alpha value is -2.21. The fraction of sp³-hybridized carbons (Fsp3) is 0.400. The quantitative estimate of drug-likeness (QED) is 0.856. The topological polar surface area (TPSA) is 60.2 Å². The second-order valence-corrected chi connectivity index (χ2v) is 5.14. The smallest absolute Gasteiger partial charge is 0.257 e. The van der Waals surface area contributed by atoms with Crippen molar-refractivity contribution in [2.75, 3.05) is 20.2 Å². The van der Waals surface area contributed by atoms with Crippen molar-refractivity contribution in [2.24, 2.45) is 0 Å². The minimum absolute atomic E-state index is 0.00855. The van der Waals surface area contributed by atoms with Crippen LogP contribution in [0.5, 0.6) is 0 Å². The first kappa shape index (κ1) is 13.8. The molecule has 0 spiro atoms. The van der Waals surface area contributed by atoms with Gasteiger partial charge in [-0.1, -0.05) is 6.07 Å². The standard InChI is InChI=1S/C15H18N4O2/c1-11-13(15(20)18-8-6-12(10-18)21-2)9-17-19(11)14-5-3-4-7-16-14/h3-5,7,9,12H,6,8,10H2,1-2H3. The Balaban J connectivity index is 1.84. The lowest BCUT2D eigenvalue weighted by atomic mass is 10.2. The van der Waals surface area contributed by atoms with Gasteiger partial charge in [0, 0.05) is 26.4 Å². The number of hydrogen-bond acceptors (Lipinski definition) is 4. The van der Waals surface area contributed by atoms with E-state index in [1.54, 1.807) is 24.2 Å². The van der Waals surface area contributed by atoms with E-state index < -0.39 is 0 Å². The molecule has 0 N–H and O–H groups in total. The fourth-order valence-corrected chi connectivity index (χ4v) is 2.60. The van der Waals surface area contributed by atoms with E-state index in [2.05, 4.69) is 10.1 Å². The van der Waals surface area contributed by atoms with Crippen LogP contribution in [0.3, 0.4) is 0 Å². The number of pyridine rings is 1. The number of amides is 1. The lowest BCUT2D eigenvalue weighted by molar-refractivity contribution is 0.0723. The maximum Gasteiger partial charge on any atom is 0.257 e. The van der Waals surface area contributed by atoms with Crippen molar-refractivity contribution in [2.45, 2.75) is 19.4 Å². The molecule has 2 aromatic rings. The molecule has 21 heavy (non-hydrogen) atoms. The molecular weight excluding hydrogens is 268 g/mol. The number of rotatable bonds is 3. The summed E-state index contributed by atoms with van der Waals surface area (Å²) < 4.78 is 7.00. The van der Waals surface area contributed by atoms with E-state index in [-0.39, 0.29) is 12.0 Å². The number of hydrogen-bond donors (Lipinski definition) is 0. The fourth-order valence-electron chi connectivity index (χ4n) is 2.60. The predicted molar refractivity (Wildman–Crippen MR) is 77.4 cm³/mol. The molecule has 1 saturated heterocycles. The van der Waals surface area contributed by atoms with Crippen molar-refractivity contribution in [1.29, 1.82) is 0 Å². The van der Waals surface area contributed by atoms with Crippen molar-refractivity contribution < 1.29 is 9.53 Å². The van der Waals surface area contributed by atoms with Gasteiger partial charge >= 0.3 is 0 Å². The summed E-state index contributed by atoms with van der Waals surface area (Å²) in [5, 5.41) is 4.29. The van der Waals surface area contributed by atoms with Gasteiger partial charge in [0.25, 0.3) is 5.91 Å². The second-order valence-electron chi connectivity index (χ2n) is 5.14. The summed E-state index contributed by atoms with van der Waals surface area (Å²) in [6, 6.07) is 5.61. The highest BCUT2D eigenvalue weighted by Crippen LogP contribution is 2.18. The molecular formula is C15H18N4O2. The van der Waals surface area contributed by atoms with E-state index >= 15 is 0 Å². The molecule has 1 unspecified atom stereocenters. The van der Waals surface area contributed by atoms with Crippen LogP contribution in [-0.4, -0.2) is 51.9 Å². The number of ether oxygens (including phenoxy) is 1. The van der Waals surface area contributed by atoms with Gasteiger partial charge in [-0.2, -0.15) is 5.10 Å². The zero-order valence-corrected chi connectivity index (χ0v) is 12.2. The van der Waals surface area contributed by atoms with Crippen molar-refractivity contribution in [3.63, 3.8) is 0 Å². The van der Waals surface area contributed by atoms with Crippen LogP contribution in [0, 0.1) is 6.92 Å². The number of likely N-dealkylation sites (tertiary alicyclic amines) is 1. The average molecular weight is 286 g/mol. The number of nitrogens with zero attached hydrogens (tertiary/aromatic N) is 4. The van der Waals surface area contributed by atoms with Gasteiger partial charge in [-0.3, -0.25) is 4.79 Å². The van der Waals surface area contributed by atoms with E-state index in [0.717, 1.165) is 18.7 Å². The van der Waals surface area contributed by atoms with Crippen molar-refractivity contribution >= 4 is 5.91 Å². The van der Waals surface area contributed by atoms with Crippen molar-refractivity contribution in [1.82, 2.24) is 19.7 Å². The molecule has 6 heteroatoms. The van der Waals surface area contributed by atoms with Crippen LogP contribution in [0.4, 0.5) is 0 Å². The number of carbonyl (C=O) groups excluding carboxylic acids is 1. The molecule has 0 saturated carbocycles. The van der Waals surface area contributed by atoms with Gasteiger partial charge in [-0.15, -0.1) is 0 Å². The Labute approximate surface area is 123 Å². The maximum absolute atomic E-state index is 12.6. The molecule has 0 aliphatic carbocycles. The third-order valence-corrected chi connectivity index (χ3v) is 3.87. The second kappa shape index (κ2) is 5.65. The van der Waals surface area contributed by atoms with Gasteiger partial charge in [0.2, 0.25) is 0 Å². The molecule has 0 radical (unpaired) electrons. The van der Waals surface area contributed by atoms with Crippen LogP contribution in [0.25, 0.3) is 5.82 Å². The SMILES string of the molecule is COC1CCN(C(=O)c2cnn(-c3ccccn3)c2C)C1. The van der Waals surface area contributed by atoms with Gasteiger partial charge in [0.05, 0.1) is 23.6 Å². The summed E-state index contributed by atoms with van der Waals surface area (Å²) in [5.74, 6) is 0.722. The molecule has 1 atom stereocenters. The minimum Gasteiger partial charge on any atom is -0.380 e. The molecule has 0 aromatic carbocycles. The number of methoxy groups -OCH3 is 1. The van der Waals surface area contributed by atoms with Crippen LogP contribution in [0.15, 0.2) is 30.6 Å². The molecule has 110 valence electrons. The molecule has 1 fully saturated rings. The Morgan fingerprint density at radius 1 is 1.43 bits per heavy atom. The predicted octanol–water partition coefficient (Wildman–Crippen LogP) is 1.44. The minimum atomic E-state index is 0.00855. The molecule has 2 aromatic heterocycles. The molecule has 1 aliphatic rings. The largest absolute Gasteiger partial charge is 0.380 e. The van der Waals surface area contributed by atoms with Crippen molar-refractivity contribution in [3.05, 3.63) is 41.9 Å². The van der Waals surface area contributed by atoms with Gasteiger partial charge in [-0.05, 0) is 25.5 Å². The van der Waals surface area contributed by atoms with E-state index in [1.807, 2.05) is 30.0 Å². The van der Waals surface area contributed by atoms with Crippen LogP contribution < -0.4 is 0 Å². The summed E-state index contributed by atoms with van der Waals surface area (Å²) in [7, 11) is 1.68. The zero-order valence-electron chi connectivity index (χ0n) is 12.2. The Bertz CT molecular complexity index is 638. The van der Waals surface area contributed by atoms with Crippen LogP contribution in [-0.2, 0) is 4.74 Å². The van der Waals surface area contributed by atoms with Crippen LogP contribution in [0.2, 0.25) is 0 Å². The highest BCUT2D eigenvalue weighted by molar-refractivity contribution is 5.95. The third-order valence-electron chi connectivity index (χ3n) is 3.87. The summed E-state index contributed by atoms with van der Waals surface area (Å²) in [6.45, 7) is 3.26. The third kappa shape index (κ3) is 2.54. The van der Waals surface area contributed by atoms with E-state index in [0.29, 0.717) is 17.9 Å². The number of carbonyl (C=O) groups is 1. The zero-order chi connectivity index (χ0) is 14.8. The summed E-state index contributed by atoms with van der Waals surface area (Å²) in [4.78, 5) is 18.7. The Kier molecular flexibility index (Phi) is 3.70. The lowest BCUT2D eigenvalue weighted by Gasteiger charge is -2.15. The molecule has 1 amide bonds. The molecule has 0 bridgehead atoms. The monoisotopic (exact) mass is 286 g/mol. The summed E-state index contributed by atoms with van der Waals surface area (Å²) in [5.41, 5.74) is 1.43. The first-order chi connectivity index (χ1) is 10.2. The number of aromatic nitrogens is 3. The van der Waals surface area contributed by atoms with Gasteiger partial charge in [0.15, 0.2) is 5.82 Å². The first-order valence-corrected chi connectivity index (χ1v) is 6.99. The average Bonchev–Trinajstić information content (AvgIpc) is 3.14. The van der Waals surface area contributed by atoms with Gasteiger partial charge in [0.1, 0.15) is 0 Å².